The number of fused-ring (bicyclic) bond motifs is 1. The summed E-state index contributed by atoms with van der Waals surface area (Å²) in [4.78, 5) is 12.2. The summed E-state index contributed by atoms with van der Waals surface area (Å²) in [5.41, 5.74) is 1.43. The molecule has 3 aromatic carbocycles. The molecule has 1 N–H and O–H groups in total. The van der Waals surface area contributed by atoms with E-state index < -0.39 is 17.7 Å². The average Bonchev–Trinajstić information content (AvgIpc) is 2.57. The molecule has 0 saturated carbocycles. The van der Waals surface area contributed by atoms with Crippen LogP contribution in [0.25, 0.3) is 10.8 Å². The van der Waals surface area contributed by atoms with Crippen LogP contribution in [0.5, 0.6) is 0 Å². The molecule has 2 nitrogen and oxygen atoms in total. The molecule has 24 heavy (non-hydrogen) atoms. The van der Waals surface area contributed by atoms with E-state index in [0.717, 1.165) is 28.5 Å². The lowest BCUT2D eigenvalue weighted by Gasteiger charge is -2.15. The van der Waals surface area contributed by atoms with Gasteiger partial charge in [-0.25, -0.2) is 8.78 Å². The summed E-state index contributed by atoms with van der Waals surface area (Å²) < 4.78 is 26.3. The maximum Gasteiger partial charge on any atom is 0.224 e. The van der Waals surface area contributed by atoms with E-state index >= 15 is 0 Å². The summed E-state index contributed by atoms with van der Waals surface area (Å²) >= 11 is 0. The lowest BCUT2D eigenvalue weighted by molar-refractivity contribution is -0.121. The van der Waals surface area contributed by atoms with Gasteiger partial charge in [-0.3, -0.25) is 4.79 Å². The third kappa shape index (κ3) is 3.59. The van der Waals surface area contributed by atoms with Crippen LogP contribution >= 0.6 is 0 Å². The smallest absolute Gasteiger partial charge is 0.224 e. The summed E-state index contributed by atoms with van der Waals surface area (Å²) in [5.74, 6) is -1.97. The number of hydrogen-bond acceptors (Lipinski definition) is 1. The molecule has 0 unspecified atom stereocenters. The third-order valence-electron chi connectivity index (χ3n) is 4.00. The maximum atomic E-state index is 13.3. The molecule has 0 aliphatic heterocycles. The first-order chi connectivity index (χ1) is 11.5. The van der Waals surface area contributed by atoms with Crippen LogP contribution in [0.4, 0.5) is 8.78 Å². The van der Waals surface area contributed by atoms with Gasteiger partial charge in [-0.1, -0.05) is 48.5 Å². The van der Waals surface area contributed by atoms with E-state index in [9.17, 15) is 13.6 Å². The number of carbonyl (C=O) groups is 1. The molecule has 0 saturated heterocycles. The minimum absolute atomic E-state index is 0.164. The quantitative estimate of drug-likeness (QED) is 0.750. The highest BCUT2D eigenvalue weighted by Crippen LogP contribution is 2.18. The van der Waals surface area contributed by atoms with Crippen LogP contribution in [-0.4, -0.2) is 5.91 Å². The topological polar surface area (TPSA) is 29.1 Å². The van der Waals surface area contributed by atoms with Gasteiger partial charge in [0.2, 0.25) is 5.91 Å². The standard InChI is InChI=1S/C20H17F2NO/c1-13(16-8-9-18(21)19(22)12-16)23-20(24)11-14-6-7-15-4-2-3-5-17(15)10-14/h2-10,12-13H,11H2,1H3,(H,23,24)/t13-/m0/s1. The molecule has 122 valence electrons. The predicted molar refractivity (Wildman–Crippen MR) is 90.6 cm³/mol. The molecule has 3 aromatic rings. The molecular formula is C20H17F2NO. The van der Waals surface area contributed by atoms with Crippen molar-refractivity contribution in [3.8, 4) is 0 Å². The van der Waals surface area contributed by atoms with Gasteiger partial charge < -0.3 is 5.32 Å². The number of halogens is 2. The van der Waals surface area contributed by atoms with Crippen molar-refractivity contribution in [2.75, 3.05) is 0 Å². The number of amides is 1. The molecule has 4 heteroatoms. The Hall–Kier alpha value is -2.75. The van der Waals surface area contributed by atoms with Gasteiger partial charge in [0, 0.05) is 0 Å². The fraction of sp³-hybridized carbons (Fsp3) is 0.150. The molecule has 0 bridgehead atoms. The van der Waals surface area contributed by atoms with Gasteiger partial charge in [-0.15, -0.1) is 0 Å². The predicted octanol–water partition coefficient (Wildman–Crippen LogP) is 4.54. The molecule has 0 fully saturated rings. The van der Waals surface area contributed by atoms with Crippen molar-refractivity contribution in [3.63, 3.8) is 0 Å². The van der Waals surface area contributed by atoms with Crippen LogP contribution in [0, 0.1) is 11.6 Å². The van der Waals surface area contributed by atoms with E-state index in [1.54, 1.807) is 6.92 Å². The zero-order chi connectivity index (χ0) is 17.1. The summed E-state index contributed by atoms with van der Waals surface area (Å²) in [6.07, 6.45) is 0.235. The zero-order valence-electron chi connectivity index (χ0n) is 13.2. The highest BCUT2D eigenvalue weighted by molar-refractivity contribution is 5.85. The van der Waals surface area contributed by atoms with Crippen LogP contribution in [0.15, 0.2) is 60.7 Å². The van der Waals surface area contributed by atoms with Gasteiger partial charge in [-0.05, 0) is 41.0 Å². The van der Waals surface area contributed by atoms with E-state index in [0.29, 0.717) is 5.56 Å². The fourth-order valence-corrected chi connectivity index (χ4v) is 2.69. The average molecular weight is 325 g/mol. The molecule has 1 amide bonds. The third-order valence-corrected chi connectivity index (χ3v) is 4.00. The molecule has 0 radical (unpaired) electrons. The molecule has 1 atom stereocenters. The molecule has 3 rings (SSSR count). The van der Waals surface area contributed by atoms with Crippen molar-refractivity contribution in [3.05, 3.63) is 83.4 Å². The lowest BCUT2D eigenvalue weighted by atomic mass is 10.0. The Morgan fingerprint density at radius 2 is 1.71 bits per heavy atom. The minimum atomic E-state index is -0.914. The summed E-state index contributed by atoms with van der Waals surface area (Å²) in [6, 6.07) is 17.1. The SMILES string of the molecule is C[C@H](NC(=O)Cc1ccc2ccccc2c1)c1ccc(F)c(F)c1. The minimum Gasteiger partial charge on any atom is -0.349 e. The van der Waals surface area contributed by atoms with Crippen molar-refractivity contribution in [2.24, 2.45) is 0 Å². The monoisotopic (exact) mass is 325 g/mol. The van der Waals surface area contributed by atoms with Crippen molar-refractivity contribution in [2.45, 2.75) is 19.4 Å². The molecular weight excluding hydrogens is 308 g/mol. The lowest BCUT2D eigenvalue weighted by Crippen LogP contribution is -2.28. The van der Waals surface area contributed by atoms with E-state index in [4.69, 9.17) is 0 Å². The van der Waals surface area contributed by atoms with Crippen molar-refractivity contribution >= 4 is 16.7 Å². The van der Waals surface area contributed by atoms with E-state index in [1.165, 1.54) is 6.07 Å². The van der Waals surface area contributed by atoms with Crippen LogP contribution < -0.4 is 5.32 Å². The van der Waals surface area contributed by atoms with E-state index in [1.807, 2.05) is 42.5 Å². The zero-order valence-corrected chi connectivity index (χ0v) is 13.2. The van der Waals surface area contributed by atoms with Crippen molar-refractivity contribution < 1.29 is 13.6 Å². The molecule has 0 aliphatic carbocycles. The summed E-state index contributed by atoms with van der Waals surface area (Å²) in [7, 11) is 0. The number of nitrogens with one attached hydrogen (secondary N) is 1. The van der Waals surface area contributed by atoms with Gasteiger partial charge in [0.25, 0.3) is 0 Å². The van der Waals surface area contributed by atoms with Crippen LogP contribution in [-0.2, 0) is 11.2 Å². The van der Waals surface area contributed by atoms with E-state index in [2.05, 4.69) is 5.32 Å². The Morgan fingerprint density at radius 3 is 2.46 bits per heavy atom. The van der Waals surface area contributed by atoms with Gasteiger partial charge in [0.1, 0.15) is 0 Å². The summed E-state index contributed by atoms with van der Waals surface area (Å²) in [6.45, 7) is 1.74. The maximum absolute atomic E-state index is 13.3. The first-order valence-electron chi connectivity index (χ1n) is 7.75. The highest BCUT2D eigenvalue weighted by atomic mass is 19.2. The Morgan fingerprint density at radius 1 is 0.958 bits per heavy atom. The summed E-state index contributed by atoms with van der Waals surface area (Å²) in [5, 5.41) is 5.01. The van der Waals surface area contributed by atoms with E-state index in [-0.39, 0.29) is 12.3 Å². The van der Waals surface area contributed by atoms with Crippen molar-refractivity contribution in [1.29, 1.82) is 0 Å². The number of benzene rings is 3. The van der Waals surface area contributed by atoms with Gasteiger partial charge in [0.15, 0.2) is 11.6 Å². The van der Waals surface area contributed by atoms with Crippen LogP contribution in [0.1, 0.15) is 24.1 Å². The van der Waals surface area contributed by atoms with Crippen molar-refractivity contribution in [1.82, 2.24) is 5.32 Å². The number of carbonyl (C=O) groups excluding carboxylic acids is 1. The number of hydrogen-bond donors (Lipinski definition) is 1. The largest absolute Gasteiger partial charge is 0.349 e. The Kier molecular flexibility index (Phi) is 4.56. The first-order valence-corrected chi connectivity index (χ1v) is 7.75. The second-order valence-electron chi connectivity index (χ2n) is 5.82. The highest BCUT2D eigenvalue weighted by Gasteiger charge is 2.12. The first kappa shape index (κ1) is 16.1. The molecule has 0 spiro atoms. The Labute approximate surface area is 139 Å². The van der Waals surface area contributed by atoms with Crippen LogP contribution in [0.3, 0.4) is 0 Å². The Bertz CT molecular complexity index is 892. The van der Waals surface area contributed by atoms with Crippen LogP contribution in [0.2, 0.25) is 0 Å². The second-order valence-corrected chi connectivity index (χ2v) is 5.82. The molecule has 0 aliphatic rings. The van der Waals surface area contributed by atoms with Gasteiger partial charge >= 0.3 is 0 Å². The fourth-order valence-electron chi connectivity index (χ4n) is 2.69. The normalized spacial score (nSPS) is 12.1. The van der Waals surface area contributed by atoms with Gasteiger partial charge in [0.05, 0.1) is 12.5 Å². The second kappa shape index (κ2) is 6.79. The molecule has 0 aromatic heterocycles. The van der Waals surface area contributed by atoms with Gasteiger partial charge in [-0.2, -0.15) is 0 Å². The molecule has 0 heterocycles. The Balaban J connectivity index is 1.68. The number of rotatable bonds is 4.